The Morgan fingerprint density at radius 1 is 1.11 bits per heavy atom. The first kappa shape index (κ1) is 25.9. The predicted octanol–water partition coefficient (Wildman–Crippen LogP) is 5.20. The van der Waals surface area contributed by atoms with Gasteiger partial charge in [0.05, 0.1) is 24.1 Å². The van der Waals surface area contributed by atoms with E-state index >= 15 is 0 Å². The number of carbonyl (C=O) groups is 2. The molecular formula is C27H33FN4O3. The highest BCUT2D eigenvalue weighted by atomic mass is 19.1. The Labute approximate surface area is 205 Å². The Bertz CT molecular complexity index is 1170. The molecule has 35 heavy (non-hydrogen) atoms. The number of amides is 2. The molecule has 0 aliphatic rings. The average molecular weight is 481 g/mol. The average Bonchev–Trinajstić information content (AvgIpc) is 3.26. The lowest BCUT2D eigenvalue weighted by Crippen LogP contribution is -2.39. The molecule has 0 atom stereocenters. The van der Waals surface area contributed by atoms with Gasteiger partial charge in [-0.05, 0) is 42.8 Å². The molecule has 3 aromatic rings. The summed E-state index contributed by atoms with van der Waals surface area (Å²) in [5.74, 6) is -0.307. The van der Waals surface area contributed by atoms with Crippen molar-refractivity contribution in [1.29, 1.82) is 0 Å². The third kappa shape index (κ3) is 6.47. The number of rotatable bonds is 9. The predicted molar refractivity (Wildman–Crippen MR) is 135 cm³/mol. The van der Waals surface area contributed by atoms with Crippen LogP contribution in [-0.4, -0.2) is 46.7 Å². The lowest BCUT2D eigenvalue weighted by molar-refractivity contribution is -0.117. The quantitative estimate of drug-likeness (QED) is 0.457. The molecule has 0 radical (unpaired) electrons. The van der Waals surface area contributed by atoms with Gasteiger partial charge in [-0.1, -0.05) is 46.2 Å². The van der Waals surface area contributed by atoms with E-state index in [1.165, 1.54) is 23.1 Å². The number of ether oxygens (including phenoxy) is 1. The molecule has 0 unspecified atom stereocenters. The van der Waals surface area contributed by atoms with Crippen molar-refractivity contribution in [2.75, 3.05) is 25.5 Å². The van der Waals surface area contributed by atoms with Gasteiger partial charge in [0.25, 0.3) is 5.91 Å². The SMILES string of the molecule is CCCCN(CC(=O)Nc1cc(C(C)(C)C)nn1-c1ccc(OC)cc1)C(=O)c1ccccc1F. The molecule has 8 heteroatoms. The van der Waals surface area contributed by atoms with E-state index in [1.54, 1.807) is 17.9 Å². The molecule has 0 saturated heterocycles. The van der Waals surface area contributed by atoms with Gasteiger partial charge >= 0.3 is 0 Å². The summed E-state index contributed by atoms with van der Waals surface area (Å²) in [5.41, 5.74) is 1.26. The summed E-state index contributed by atoms with van der Waals surface area (Å²) in [6.07, 6.45) is 1.53. The highest BCUT2D eigenvalue weighted by molar-refractivity contribution is 5.99. The summed E-state index contributed by atoms with van der Waals surface area (Å²) in [6, 6.07) is 15.0. The molecule has 2 aromatic carbocycles. The van der Waals surface area contributed by atoms with Crippen LogP contribution in [0.5, 0.6) is 5.75 Å². The van der Waals surface area contributed by atoms with Crippen molar-refractivity contribution in [3.8, 4) is 11.4 Å². The number of benzene rings is 2. The number of unbranched alkanes of at least 4 members (excludes halogenated alkanes) is 1. The highest BCUT2D eigenvalue weighted by Crippen LogP contribution is 2.27. The minimum absolute atomic E-state index is 0.0466. The van der Waals surface area contributed by atoms with E-state index in [4.69, 9.17) is 9.84 Å². The summed E-state index contributed by atoms with van der Waals surface area (Å²) < 4.78 is 21.1. The van der Waals surface area contributed by atoms with E-state index in [-0.39, 0.29) is 23.4 Å². The van der Waals surface area contributed by atoms with Crippen LogP contribution in [0.4, 0.5) is 10.2 Å². The highest BCUT2D eigenvalue weighted by Gasteiger charge is 2.24. The van der Waals surface area contributed by atoms with Gasteiger partial charge in [-0.15, -0.1) is 0 Å². The second kappa shape index (κ2) is 11.2. The number of methoxy groups -OCH3 is 1. The van der Waals surface area contributed by atoms with Crippen molar-refractivity contribution in [3.63, 3.8) is 0 Å². The third-order valence-corrected chi connectivity index (χ3v) is 5.57. The number of halogens is 1. The van der Waals surface area contributed by atoms with Crippen LogP contribution in [0.25, 0.3) is 5.69 Å². The molecule has 1 N–H and O–H groups in total. The summed E-state index contributed by atoms with van der Waals surface area (Å²) in [5, 5.41) is 7.61. The number of carbonyl (C=O) groups excluding carboxylic acids is 2. The summed E-state index contributed by atoms with van der Waals surface area (Å²) in [6.45, 7) is 8.26. The van der Waals surface area contributed by atoms with Crippen LogP contribution < -0.4 is 10.1 Å². The first-order chi connectivity index (χ1) is 16.6. The van der Waals surface area contributed by atoms with E-state index in [0.29, 0.717) is 24.5 Å². The molecule has 7 nitrogen and oxygen atoms in total. The summed E-state index contributed by atoms with van der Waals surface area (Å²) in [4.78, 5) is 27.5. The molecule has 0 fully saturated rings. The Kier molecular flexibility index (Phi) is 8.27. The smallest absolute Gasteiger partial charge is 0.257 e. The van der Waals surface area contributed by atoms with Gasteiger partial charge in [-0.2, -0.15) is 5.10 Å². The van der Waals surface area contributed by atoms with Gasteiger partial charge in [-0.3, -0.25) is 9.59 Å². The van der Waals surface area contributed by atoms with Crippen molar-refractivity contribution in [2.45, 2.75) is 46.0 Å². The van der Waals surface area contributed by atoms with Gasteiger partial charge in [0, 0.05) is 18.0 Å². The molecule has 0 bridgehead atoms. The zero-order valence-corrected chi connectivity index (χ0v) is 21.0. The van der Waals surface area contributed by atoms with Crippen molar-refractivity contribution >= 4 is 17.6 Å². The van der Waals surface area contributed by atoms with Crippen LogP contribution in [0.1, 0.15) is 56.6 Å². The number of hydrogen-bond acceptors (Lipinski definition) is 4. The van der Waals surface area contributed by atoms with E-state index in [9.17, 15) is 14.0 Å². The maximum absolute atomic E-state index is 14.2. The fourth-order valence-electron chi connectivity index (χ4n) is 3.52. The largest absolute Gasteiger partial charge is 0.497 e. The lowest BCUT2D eigenvalue weighted by Gasteiger charge is -2.22. The standard InChI is InChI=1S/C27H33FN4O3/c1-6-7-16-31(26(34)21-10-8-9-11-22(21)28)18-25(33)29-24-17-23(27(2,3)4)30-32(24)19-12-14-20(35-5)15-13-19/h8-15,17H,6-7,16,18H2,1-5H3,(H,29,33). The Hall–Kier alpha value is -3.68. The first-order valence-electron chi connectivity index (χ1n) is 11.7. The van der Waals surface area contributed by atoms with Crippen molar-refractivity contribution < 1.29 is 18.7 Å². The van der Waals surface area contributed by atoms with Crippen molar-refractivity contribution in [3.05, 3.63) is 71.7 Å². The van der Waals surface area contributed by atoms with E-state index in [0.717, 1.165) is 17.8 Å². The zero-order valence-electron chi connectivity index (χ0n) is 21.0. The second-order valence-corrected chi connectivity index (χ2v) is 9.38. The molecule has 3 rings (SSSR count). The molecule has 1 heterocycles. The number of aromatic nitrogens is 2. The number of nitrogens with zero attached hydrogens (tertiary/aromatic N) is 3. The van der Waals surface area contributed by atoms with Crippen molar-refractivity contribution in [2.24, 2.45) is 0 Å². The van der Waals surface area contributed by atoms with Crippen LogP contribution in [0.3, 0.4) is 0 Å². The normalized spacial score (nSPS) is 11.3. The monoisotopic (exact) mass is 480 g/mol. The van der Waals surface area contributed by atoms with Gasteiger partial charge in [0.15, 0.2) is 0 Å². The number of anilines is 1. The first-order valence-corrected chi connectivity index (χ1v) is 11.7. The Morgan fingerprint density at radius 2 is 1.80 bits per heavy atom. The fourth-order valence-corrected chi connectivity index (χ4v) is 3.52. The molecule has 2 amide bonds. The van der Waals surface area contributed by atoms with E-state index in [2.05, 4.69) is 5.32 Å². The van der Waals surface area contributed by atoms with E-state index < -0.39 is 11.7 Å². The van der Waals surface area contributed by atoms with E-state index in [1.807, 2.05) is 58.0 Å². The minimum Gasteiger partial charge on any atom is -0.497 e. The molecule has 0 aliphatic heterocycles. The van der Waals surface area contributed by atoms with Crippen molar-refractivity contribution in [1.82, 2.24) is 14.7 Å². The van der Waals surface area contributed by atoms with Crippen LogP contribution in [-0.2, 0) is 10.2 Å². The van der Waals surface area contributed by atoms with Crippen LogP contribution in [0, 0.1) is 5.82 Å². The van der Waals surface area contributed by atoms with Gasteiger partial charge in [0.2, 0.25) is 5.91 Å². The number of nitrogens with one attached hydrogen (secondary N) is 1. The molecule has 0 aliphatic carbocycles. The van der Waals surface area contributed by atoms with Gasteiger partial charge < -0.3 is 15.0 Å². The Morgan fingerprint density at radius 3 is 2.40 bits per heavy atom. The lowest BCUT2D eigenvalue weighted by atomic mass is 9.92. The molecular weight excluding hydrogens is 447 g/mol. The number of hydrogen-bond donors (Lipinski definition) is 1. The summed E-state index contributed by atoms with van der Waals surface area (Å²) >= 11 is 0. The molecule has 0 spiro atoms. The Balaban J connectivity index is 1.87. The fraction of sp³-hybridized carbons (Fsp3) is 0.370. The summed E-state index contributed by atoms with van der Waals surface area (Å²) in [7, 11) is 1.60. The third-order valence-electron chi connectivity index (χ3n) is 5.57. The van der Waals surface area contributed by atoms with Crippen LogP contribution in [0.15, 0.2) is 54.6 Å². The molecule has 0 saturated carbocycles. The topological polar surface area (TPSA) is 76.5 Å². The zero-order chi connectivity index (χ0) is 25.6. The van der Waals surface area contributed by atoms with Gasteiger partial charge in [-0.25, -0.2) is 9.07 Å². The van der Waals surface area contributed by atoms with Crippen LogP contribution in [0.2, 0.25) is 0 Å². The maximum atomic E-state index is 14.2. The molecule has 186 valence electrons. The minimum atomic E-state index is -0.605. The maximum Gasteiger partial charge on any atom is 0.257 e. The molecule has 1 aromatic heterocycles. The van der Waals surface area contributed by atoms with Crippen LogP contribution >= 0.6 is 0 Å². The van der Waals surface area contributed by atoms with Gasteiger partial charge in [0.1, 0.15) is 23.9 Å². The second-order valence-electron chi connectivity index (χ2n) is 9.38.